The van der Waals surface area contributed by atoms with E-state index in [9.17, 15) is 0 Å². The quantitative estimate of drug-likeness (QED) is 0.463. The fourth-order valence-corrected chi connectivity index (χ4v) is 3.03. The summed E-state index contributed by atoms with van der Waals surface area (Å²) in [5, 5.41) is 0.577. The summed E-state index contributed by atoms with van der Waals surface area (Å²) in [6.45, 7) is 6.43. The summed E-state index contributed by atoms with van der Waals surface area (Å²) in [4.78, 5) is 4.66. The van der Waals surface area contributed by atoms with Crippen molar-refractivity contribution >= 4 is 34.2 Å². The van der Waals surface area contributed by atoms with Crippen LogP contribution in [0.2, 0.25) is 5.02 Å². The predicted octanol–water partition coefficient (Wildman–Crippen LogP) is 6.13. The number of nitrogens with zero attached hydrogens (tertiary/aromatic N) is 2. The highest BCUT2D eigenvalue weighted by atomic mass is 35.5. The van der Waals surface area contributed by atoms with Crippen LogP contribution in [0, 0.1) is 0 Å². The third kappa shape index (κ3) is 3.12. The second kappa shape index (κ2) is 6.82. The Kier molecular flexibility index (Phi) is 5.34. The van der Waals surface area contributed by atoms with Crippen molar-refractivity contribution in [2.75, 3.05) is 0 Å². The van der Waals surface area contributed by atoms with E-state index >= 15 is 0 Å². The molecule has 2 atom stereocenters. The van der Waals surface area contributed by atoms with Crippen molar-refractivity contribution < 1.29 is 0 Å². The van der Waals surface area contributed by atoms with Gasteiger partial charge in [-0.1, -0.05) is 43.9 Å². The summed E-state index contributed by atoms with van der Waals surface area (Å²) in [5.41, 5.74) is 1.95. The lowest BCUT2D eigenvalue weighted by molar-refractivity contribution is 0.472. The molecule has 2 aromatic rings. The molecule has 0 radical (unpaired) electrons. The van der Waals surface area contributed by atoms with Crippen LogP contribution in [0.15, 0.2) is 18.2 Å². The Morgan fingerprint density at radius 3 is 2.65 bits per heavy atom. The van der Waals surface area contributed by atoms with Crippen molar-refractivity contribution in [2.45, 2.75) is 57.9 Å². The summed E-state index contributed by atoms with van der Waals surface area (Å²) < 4.78 is 2.26. The van der Waals surface area contributed by atoms with E-state index in [2.05, 4.69) is 29.5 Å². The van der Waals surface area contributed by atoms with Crippen LogP contribution in [0.1, 0.15) is 63.7 Å². The molecule has 1 aromatic carbocycles. The third-order valence-corrected chi connectivity index (χ3v) is 4.22. The zero-order valence-corrected chi connectivity index (χ0v) is 13.9. The van der Waals surface area contributed by atoms with Crippen molar-refractivity contribution in [3.63, 3.8) is 0 Å². The molecule has 20 heavy (non-hydrogen) atoms. The second-order valence-corrected chi connectivity index (χ2v) is 6.47. The highest BCUT2D eigenvalue weighted by molar-refractivity contribution is 6.35. The Balaban J connectivity index is 2.43. The Morgan fingerprint density at radius 1 is 1.25 bits per heavy atom. The molecule has 0 saturated carbocycles. The van der Waals surface area contributed by atoms with E-state index in [0.29, 0.717) is 11.1 Å². The maximum atomic E-state index is 6.31. The molecule has 0 spiro atoms. The zero-order valence-electron chi connectivity index (χ0n) is 12.4. The molecule has 1 heterocycles. The van der Waals surface area contributed by atoms with Crippen LogP contribution in [0.25, 0.3) is 11.0 Å². The van der Waals surface area contributed by atoms with Gasteiger partial charge in [-0.25, -0.2) is 4.98 Å². The number of alkyl halides is 1. The predicted molar refractivity (Wildman–Crippen MR) is 87.9 cm³/mol. The summed E-state index contributed by atoms with van der Waals surface area (Å²) >= 11 is 12.6. The number of fused-ring (bicyclic) bond motifs is 1. The number of aromatic nitrogens is 2. The van der Waals surface area contributed by atoms with Crippen molar-refractivity contribution in [3.05, 3.63) is 29.0 Å². The molecule has 0 aliphatic rings. The van der Waals surface area contributed by atoms with Crippen LogP contribution in [0.4, 0.5) is 0 Å². The van der Waals surface area contributed by atoms with Crippen LogP contribution < -0.4 is 0 Å². The van der Waals surface area contributed by atoms with Gasteiger partial charge < -0.3 is 4.57 Å². The first-order valence-corrected chi connectivity index (χ1v) is 8.18. The van der Waals surface area contributed by atoms with E-state index in [1.165, 1.54) is 19.3 Å². The maximum absolute atomic E-state index is 6.31. The molecule has 0 aliphatic heterocycles. The zero-order chi connectivity index (χ0) is 14.7. The van der Waals surface area contributed by atoms with Crippen LogP contribution >= 0.6 is 23.2 Å². The van der Waals surface area contributed by atoms with Crippen LogP contribution in [0.3, 0.4) is 0 Å². The van der Waals surface area contributed by atoms with E-state index in [4.69, 9.17) is 23.2 Å². The molecule has 0 N–H and O–H groups in total. The van der Waals surface area contributed by atoms with Gasteiger partial charge in [0.05, 0.1) is 15.9 Å². The van der Waals surface area contributed by atoms with Gasteiger partial charge in [0.15, 0.2) is 0 Å². The smallest absolute Gasteiger partial charge is 0.128 e. The highest BCUT2D eigenvalue weighted by Gasteiger charge is 2.19. The summed E-state index contributed by atoms with van der Waals surface area (Å²) in [6, 6.07) is 6.32. The topological polar surface area (TPSA) is 17.8 Å². The number of benzene rings is 1. The molecule has 110 valence electrons. The average Bonchev–Trinajstić information content (AvgIpc) is 2.80. The summed E-state index contributed by atoms with van der Waals surface area (Å²) in [6.07, 6.45) is 4.88. The monoisotopic (exact) mass is 312 g/mol. The van der Waals surface area contributed by atoms with Gasteiger partial charge in [-0.05, 0) is 32.4 Å². The number of hydrogen-bond acceptors (Lipinski definition) is 1. The van der Waals surface area contributed by atoms with Gasteiger partial charge in [-0.3, -0.25) is 0 Å². The molecular weight excluding hydrogens is 291 g/mol. The van der Waals surface area contributed by atoms with Crippen molar-refractivity contribution in [1.29, 1.82) is 0 Å². The Morgan fingerprint density at radius 2 is 2.00 bits per heavy atom. The first-order valence-electron chi connectivity index (χ1n) is 7.36. The number of para-hydroxylation sites is 1. The maximum Gasteiger partial charge on any atom is 0.128 e. The van der Waals surface area contributed by atoms with Crippen LogP contribution in [-0.2, 0) is 0 Å². The van der Waals surface area contributed by atoms with Crippen LogP contribution in [0.5, 0.6) is 0 Å². The van der Waals surface area contributed by atoms with Gasteiger partial charge in [-0.15, -0.1) is 11.6 Å². The number of unbranched alkanes of at least 4 members (excludes halogenated alkanes) is 2. The molecule has 1 aromatic heterocycles. The Bertz CT molecular complexity index is 575. The van der Waals surface area contributed by atoms with E-state index in [1.807, 2.05) is 19.1 Å². The molecule has 4 heteroatoms. The van der Waals surface area contributed by atoms with Crippen molar-refractivity contribution in [1.82, 2.24) is 9.55 Å². The molecule has 2 rings (SSSR count). The molecule has 0 fully saturated rings. The lowest BCUT2D eigenvalue weighted by atomic mass is 10.1. The second-order valence-electron chi connectivity index (χ2n) is 5.41. The summed E-state index contributed by atoms with van der Waals surface area (Å²) in [7, 11) is 0. The number of hydrogen-bond donors (Lipinski definition) is 0. The summed E-state index contributed by atoms with van der Waals surface area (Å²) in [5.74, 6) is 0.916. The minimum Gasteiger partial charge on any atom is -0.324 e. The third-order valence-electron chi connectivity index (χ3n) is 3.72. The lowest BCUT2D eigenvalue weighted by Crippen LogP contribution is -2.10. The Labute approximate surface area is 131 Å². The lowest BCUT2D eigenvalue weighted by Gasteiger charge is -2.18. The fraction of sp³-hybridized carbons (Fsp3) is 0.562. The largest absolute Gasteiger partial charge is 0.324 e. The van der Waals surface area contributed by atoms with Gasteiger partial charge in [0.1, 0.15) is 11.3 Å². The van der Waals surface area contributed by atoms with Crippen molar-refractivity contribution in [3.8, 4) is 0 Å². The van der Waals surface area contributed by atoms with E-state index in [-0.39, 0.29) is 5.38 Å². The van der Waals surface area contributed by atoms with Crippen LogP contribution in [-0.4, -0.2) is 9.55 Å². The molecule has 0 amide bonds. The van der Waals surface area contributed by atoms with Crippen molar-refractivity contribution in [2.24, 2.45) is 0 Å². The molecular formula is C16H22Cl2N2. The molecule has 2 unspecified atom stereocenters. The first kappa shape index (κ1) is 15.7. The first-order chi connectivity index (χ1) is 9.56. The van der Waals surface area contributed by atoms with E-state index < -0.39 is 0 Å². The minimum atomic E-state index is -0.118. The van der Waals surface area contributed by atoms with Gasteiger partial charge in [0.2, 0.25) is 0 Å². The van der Waals surface area contributed by atoms with Gasteiger partial charge in [-0.2, -0.15) is 0 Å². The average molecular weight is 313 g/mol. The van der Waals surface area contributed by atoms with Gasteiger partial charge in [0, 0.05) is 6.04 Å². The Hall–Kier alpha value is -0.730. The molecule has 2 nitrogen and oxygen atoms in total. The normalized spacial score (nSPS) is 14.7. The molecule has 0 bridgehead atoms. The number of imidazole rings is 1. The van der Waals surface area contributed by atoms with Gasteiger partial charge >= 0.3 is 0 Å². The van der Waals surface area contributed by atoms with E-state index in [0.717, 1.165) is 23.3 Å². The highest BCUT2D eigenvalue weighted by Crippen LogP contribution is 2.32. The minimum absolute atomic E-state index is 0.118. The number of halogens is 2. The standard InChI is InChI=1S/C16H22Cl2N2/c1-4-5-6-8-11(2)20-14-10-7-9-13(18)15(14)19-16(20)12(3)17/h7,9-12H,4-6,8H2,1-3H3. The molecule has 0 saturated heterocycles. The van der Waals surface area contributed by atoms with Gasteiger partial charge in [0.25, 0.3) is 0 Å². The fourth-order valence-electron chi connectivity index (χ4n) is 2.66. The number of rotatable bonds is 6. The SMILES string of the molecule is CCCCCC(C)n1c(C(C)Cl)nc2c(Cl)cccc21. The van der Waals surface area contributed by atoms with E-state index in [1.54, 1.807) is 0 Å². The molecule has 0 aliphatic carbocycles.